The van der Waals surface area contributed by atoms with Crippen LogP contribution in [0.25, 0.3) is 0 Å². The van der Waals surface area contributed by atoms with E-state index in [0.29, 0.717) is 6.04 Å². The molecule has 1 aromatic rings. The van der Waals surface area contributed by atoms with E-state index in [1.165, 1.54) is 0 Å². The van der Waals surface area contributed by atoms with Crippen molar-refractivity contribution in [3.05, 3.63) is 18.5 Å². The van der Waals surface area contributed by atoms with Crippen LogP contribution in [0.2, 0.25) is 0 Å². The van der Waals surface area contributed by atoms with E-state index in [4.69, 9.17) is 0 Å². The fraction of sp³-hybridized carbons (Fsp3) is 0.733. The van der Waals surface area contributed by atoms with E-state index < -0.39 is 0 Å². The summed E-state index contributed by atoms with van der Waals surface area (Å²) in [4.78, 5) is 6.69. The van der Waals surface area contributed by atoms with Gasteiger partial charge in [0.05, 0.1) is 0 Å². The summed E-state index contributed by atoms with van der Waals surface area (Å²) < 4.78 is 1.94. The number of likely N-dealkylation sites (N-methyl/N-ethyl adjacent to an activating group) is 1. The van der Waals surface area contributed by atoms with Gasteiger partial charge in [-0.2, -0.15) is 5.10 Å². The van der Waals surface area contributed by atoms with Crippen LogP contribution in [0, 0.1) is 0 Å². The second kappa shape index (κ2) is 12.7. The van der Waals surface area contributed by atoms with Gasteiger partial charge in [-0.3, -0.25) is 14.6 Å². The molecule has 0 aliphatic rings. The number of hydrogen-bond donors (Lipinski definition) is 2. The predicted octanol–water partition coefficient (Wildman–Crippen LogP) is 1.79. The van der Waals surface area contributed by atoms with E-state index in [2.05, 4.69) is 46.4 Å². The van der Waals surface area contributed by atoms with Crippen molar-refractivity contribution in [3.63, 3.8) is 0 Å². The lowest BCUT2D eigenvalue weighted by Gasteiger charge is -2.27. The fourth-order valence-corrected chi connectivity index (χ4v) is 2.32. The lowest BCUT2D eigenvalue weighted by Crippen LogP contribution is -2.46. The van der Waals surface area contributed by atoms with Gasteiger partial charge in [0.15, 0.2) is 5.96 Å². The quantitative estimate of drug-likeness (QED) is 0.276. The first-order chi connectivity index (χ1) is 10.2. The molecule has 1 unspecified atom stereocenters. The van der Waals surface area contributed by atoms with Crippen LogP contribution in [0.15, 0.2) is 23.5 Å². The topological polar surface area (TPSA) is 57.5 Å². The van der Waals surface area contributed by atoms with Gasteiger partial charge in [-0.15, -0.1) is 24.0 Å². The number of hydrogen-bond acceptors (Lipinski definition) is 3. The molecule has 1 rings (SSSR count). The number of rotatable bonds is 9. The average molecular weight is 422 g/mol. The molecule has 0 saturated heterocycles. The Labute approximate surface area is 151 Å². The fourth-order valence-electron chi connectivity index (χ4n) is 2.32. The molecule has 0 spiro atoms. The zero-order valence-corrected chi connectivity index (χ0v) is 16.6. The van der Waals surface area contributed by atoms with Crippen LogP contribution >= 0.6 is 24.0 Å². The third-order valence-corrected chi connectivity index (χ3v) is 3.64. The Kier molecular flexibility index (Phi) is 12.2. The zero-order valence-electron chi connectivity index (χ0n) is 14.2. The molecule has 1 atom stereocenters. The van der Waals surface area contributed by atoms with Crippen LogP contribution in [-0.2, 0) is 6.54 Å². The van der Waals surface area contributed by atoms with Gasteiger partial charge >= 0.3 is 0 Å². The van der Waals surface area contributed by atoms with Crippen molar-refractivity contribution in [1.29, 1.82) is 0 Å². The Morgan fingerprint density at radius 2 is 2.05 bits per heavy atom. The summed E-state index contributed by atoms with van der Waals surface area (Å²) >= 11 is 0. The Balaban J connectivity index is 0.00000441. The number of nitrogens with zero attached hydrogens (tertiary/aromatic N) is 4. The van der Waals surface area contributed by atoms with E-state index in [9.17, 15) is 0 Å². The SMILES string of the molecule is CCN(CC)C(C)CNC(=NC)NCCCn1cccn1.I. The smallest absolute Gasteiger partial charge is 0.191 e. The van der Waals surface area contributed by atoms with Gasteiger partial charge in [0.1, 0.15) is 0 Å². The highest BCUT2D eigenvalue weighted by molar-refractivity contribution is 14.0. The van der Waals surface area contributed by atoms with E-state index in [-0.39, 0.29) is 24.0 Å². The molecule has 1 heterocycles. The number of nitrogens with one attached hydrogen (secondary N) is 2. The van der Waals surface area contributed by atoms with Gasteiger partial charge in [-0.05, 0) is 32.5 Å². The van der Waals surface area contributed by atoms with E-state index in [1.807, 2.05) is 30.2 Å². The Bertz CT molecular complexity index is 389. The summed E-state index contributed by atoms with van der Waals surface area (Å²) in [7, 11) is 1.81. The first kappa shape index (κ1) is 21.2. The Hall–Kier alpha value is -0.830. The molecule has 7 heteroatoms. The summed E-state index contributed by atoms with van der Waals surface area (Å²) in [6.07, 6.45) is 4.81. The summed E-state index contributed by atoms with van der Waals surface area (Å²) in [5.41, 5.74) is 0. The zero-order chi connectivity index (χ0) is 15.5. The maximum absolute atomic E-state index is 4.26. The van der Waals surface area contributed by atoms with Crippen molar-refractivity contribution in [3.8, 4) is 0 Å². The molecule has 2 N–H and O–H groups in total. The van der Waals surface area contributed by atoms with Crippen LogP contribution in [0.5, 0.6) is 0 Å². The van der Waals surface area contributed by atoms with Gasteiger partial charge in [-0.25, -0.2) is 0 Å². The van der Waals surface area contributed by atoms with Crippen molar-refractivity contribution in [2.45, 2.75) is 39.8 Å². The van der Waals surface area contributed by atoms with Crippen molar-refractivity contribution in [1.82, 2.24) is 25.3 Å². The predicted molar refractivity (Wildman–Crippen MR) is 104 cm³/mol. The summed E-state index contributed by atoms with van der Waals surface area (Å²) in [5, 5.41) is 10.9. The average Bonchev–Trinajstić information content (AvgIpc) is 3.01. The minimum absolute atomic E-state index is 0. The number of aliphatic imine (C=N–C) groups is 1. The first-order valence-corrected chi connectivity index (χ1v) is 7.87. The van der Waals surface area contributed by atoms with Gasteiger partial charge < -0.3 is 10.6 Å². The highest BCUT2D eigenvalue weighted by Crippen LogP contribution is 1.96. The molecule has 0 aromatic carbocycles. The van der Waals surface area contributed by atoms with E-state index in [0.717, 1.165) is 45.1 Å². The molecule has 0 saturated carbocycles. The second-order valence-corrected chi connectivity index (χ2v) is 5.07. The van der Waals surface area contributed by atoms with Crippen LogP contribution < -0.4 is 10.6 Å². The third kappa shape index (κ3) is 7.98. The number of aryl methyl sites for hydroxylation is 1. The lowest BCUT2D eigenvalue weighted by atomic mass is 10.3. The van der Waals surface area contributed by atoms with Crippen molar-refractivity contribution < 1.29 is 0 Å². The first-order valence-electron chi connectivity index (χ1n) is 7.87. The van der Waals surface area contributed by atoms with E-state index in [1.54, 1.807) is 0 Å². The standard InChI is InChI=1S/C15H30N6.HI/c1-5-20(6-2)14(3)13-18-15(16-4)17-9-7-11-21-12-8-10-19-21;/h8,10,12,14H,5-7,9,11,13H2,1-4H3,(H2,16,17,18);1H. The number of guanidine groups is 1. The van der Waals surface area contributed by atoms with Crippen LogP contribution in [0.3, 0.4) is 0 Å². The molecule has 0 fully saturated rings. The monoisotopic (exact) mass is 422 g/mol. The minimum Gasteiger partial charge on any atom is -0.356 e. The molecule has 6 nitrogen and oxygen atoms in total. The van der Waals surface area contributed by atoms with Crippen molar-refractivity contribution >= 4 is 29.9 Å². The molecular weight excluding hydrogens is 391 g/mol. The van der Waals surface area contributed by atoms with Gasteiger partial charge in [0.25, 0.3) is 0 Å². The molecule has 0 aliphatic heterocycles. The molecule has 1 aromatic heterocycles. The Morgan fingerprint density at radius 1 is 1.32 bits per heavy atom. The van der Waals surface area contributed by atoms with Gasteiger partial charge in [0, 0.05) is 45.1 Å². The van der Waals surface area contributed by atoms with Gasteiger partial charge in [0.2, 0.25) is 0 Å². The number of aromatic nitrogens is 2. The summed E-state index contributed by atoms with van der Waals surface area (Å²) in [6.45, 7) is 11.5. The second-order valence-electron chi connectivity index (χ2n) is 5.07. The Morgan fingerprint density at radius 3 is 2.59 bits per heavy atom. The molecular formula is C15H31IN6. The number of halogens is 1. The highest BCUT2D eigenvalue weighted by atomic mass is 127. The normalized spacial score (nSPS) is 12.9. The van der Waals surface area contributed by atoms with E-state index >= 15 is 0 Å². The third-order valence-electron chi connectivity index (χ3n) is 3.64. The highest BCUT2D eigenvalue weighted by Gasteiger charge is 2.10. The van der Waals surface area contributed by atoms with Crippen molar-refractivity contribution in [2.24, 2.45) is 4.99 Å². The lowest BCUT2D eigenvalue weighted by molar-refractivity contribution is 0.231. The summed E-state index contributed by atoms with van der Waals surface area (Å²) in [6, 6.07) is 2.45. The molecule has 0 radical (unpaired) electrons. The maximum Gasteiger partial charge on any atom is 0.191 e. The van der Waals surface area contributed by atoms with Crippen LogP contribution in [-0.4, -0.2) is 59.9 Å². The molecule has 0 bridgehead atoms. The molecule has 22 heavy (non-hydrogen) atoms. The van der Waals surface area contributed by atoms with Crippen LogP contribution in [0.1, 0.15) is 27.2 Å². The molecule has 0 amide bonds. The van der Waals surface area contributed by atoms with Gasteiger partial charge in [-0.1, -0.05) is 13.8 Å². The minimum atomic E-state index is 0. The largest absolute Gasteiger partial charge is 0.356 e. The molecule has 128 valence electrons. The maximum atomic E-state index is 4.26. The molecule has 0 aliphatic carbocycles. The summed E-state index contributed by atoms with van der Waals surface area (Å²) in [5.74, 6) is 0.870. The van der Waals surface area contributed by atoms with Crippen molar-refractivity contribution in [2.75, 3.05) is 33.2 Å². The van der Waals surface area contributed by atoms with Crippen LogP contribution in [0.4, 0.5) is 0 Å².